The van der Waals surface area contributed by atoms with E-state index in [1.807, 2.05) is 0 Å². The maximum absolute atomic E-state index is 14.4. The maximum Gasteiger partial charge on any atom is 0.471 e. The molecule has 2 saturated carbocycles. The van der Waals surface area contributed by atoms with E-state index < -0.39 is 29.3 Å². The Bertz CT molecular complexity index is 409. The normalized spacial score (nSPS) is 46.6. The minimum Gasteiger partial charge on any atom is -0.326 e. The SMILES string of the molecule is CC12CC3CC(CC(F)(C3)C1)N2C(=O)C(F)(F)F. The number of hydrogen-bond acceptors (Lipinski definition) is 1. The van der Waals surface area contributed by atoms with Crippen LogP contribution in [0.2, 0.25) is 0 Å². The second-order valence-electron chi connectivity index (χ2n) is 6.37. The Kier molecular flexibility index (Phi) is 2.17. The van der Waals surface area contributed by atoms with Crippen LogP contribution >= 0.6 is 0 Å². The summed E-state index contributed by atoms with van der Waals surface area (Å²) in [6, 6.07) is -0.574. The Morgan fingerprint density at radius 3 is 2.44 bits per heavy atom. The Balaban J connectivity index is 1.96. The minimum atomic E-state index is -4.86. The molecule has 0 aromatic rings. The molecule has 4 aliphatic rings. The molecule has 2 nitrogen and oxygen atoms in total. The van der Waals surface area contributed by atoms with Gasteiger partial charge >= 0.3 is 12.1 Å². The first kappa shape index (κ1) is 12.2. The molecular formula is C12H15F4NO. The topological polar surface area (TPSA) is 20.3 Å². The van der Waals surface area contributed by atoms with Crippen LogP contribution in [0.1, 0.15) is 39.0 Å². The van der Waals surface area contributed by atoms with Gasteiger partial charge in [-0.05, 0) is 32.1 Å². The Hall–Kier alpha value is -0.810. The number of piperidine rings is 2. The van der Waals surface area contributed by atoms with Gasteiger partial charge in [0, 0.05) is 24.4 Å². The molecule has 2 saturated heterocycles. The molecule has 0 aromatic carbocycles. The molecule has 4 rings (SSSR count). The molecule has 4 bridgehead atoms. The summed E-state index contributed by atoms with van der Waals surface area (Å²) in [6.07, 6.45) is -3.27. The number of amides is 1. The van der Waals surface area contributed by atoms with E-state index in [4.69, 9.17) is 0 Å². The third-order valence-electron chi connectivity index (χ3n) is 4.70. The van der Waals surface area contributed by atoms with Crippen molar-refractivity contribution in [2.45, 2.75) is 62.5 Å². The first-order valence-corrected chi connectivity index (χ1v) is 6.22. The molecule has 6 heteroatoms. The van der Waals surface area contributed by atoms with Gasteiger partial charge in [0.05, 0.1) is 0 Å². The molecular weight excluding hydrogens is 250 g/mol. The smallest absolute Gasteiger partial charge is 0.326 e. The largest absolute Gasteiger partial charge is 0.471 e. The number of carbonyl (C=O) groups is 1. The molecule has 4 atom stereocenters. The number of nitrogens with zero attached hydrogens (tertiary/aromatic N) is 1. The van der Waals surface area contributed by atoms with E-state index in [-0.39, 0.29) is 18.8 Å². The summed E-state index contributed by atoms with van der Waals surface area (Å²) in [4.78, 5) is 12.5. The van der Waals surface area contributed by atoms with E-state index in [9.17, 15) is 22.4 Å². The van der Waals surface area contributed by atoms with E-state index in [1.54, 1.807) is 6.92 Å². The van der Waals surface area contributed by atoms with Crippen LogP contribution in [0, 0.1) is 5.92 Å². The molecule has 2 aliphatic carbocycles. The zero-order valence-corrected chi connectivity index (χ0v) is 10.1. The predicted octanol–water partition coefficient (Wildman–Crippen LogP) is 2.82. The van der Waals surface area contributed by atoms with Gasteiger partial charge in [-0.25, -0.2) is 4.39 Å². The molecule has 102 valence electrons. The van der Waals surface area contributed by atoms with Crippen molar-refractivity contribution >= 4 is 5.91 Å². The molecule has 4 unspecified atom stereocenters. The summed E-state index contributed by atoms with van der Waals surface area (Å²) >= 11 is 0. The fourth-order valence-electron chi connectivity index (χ4n) is 4.62. The van der Waals surface area contributed by atoms with Gasteiger partial charge in [0.1, 0.15) is 5.67 Å². The molecule has 0 spiro atoms. The van der Waals surface area contributed by atoms with Crippen LogP contribution < -0.4 is 0 Å². The van der Waals surface area contributed by atoms with Crippen molar-refractivity contribution in [2.24, 2.45) is 5.92 Å². The molecule has 0 N–H and O–H groups in total. The summed E-state index contributed by atoms with van der Waals surface area (Å²) in [5.41, 5.74) is -2.31. The fraction of sp³-hybridized carbons (Fsp3) is 0.917. The average Bonchev–Trinajstić information content (AvgIpc) is 2.10. The predicted molar refractivity (Wildman–Crippen MR) is 55.5 cm³/mol. The summed E-state index contributed by atoms with van der Waals surface area (Å²) in [7, 11) is 0. The molecule has 4 fully saturated rings. The average molecular weight is 265 g/mol. The van der Waals surface area contributed by atoms with Crippen LogP contribution in [0.3, 0.4) is 0 Å². The monoisotopic (exact) mass is 265 g/mol. The number of carbonyl (C=O) groups excluding carboxylic acids is 1. The van der Waals surface area contributed by atoms with Gasteiger partial charge in [-0.3, -0.25) is 4.79 Å². The first-order chi connectivity index (χ1) is 8.13. The highest BCUT2D eigenvalue weighted by molar-refractivity contribution is 5.83. The first-order valence-electron chi connectivity index (χ1n) is 6.22. The van der Waals surface area contributed by atoms with Crippen molar-refractivity contribution in [1.29, 1.82) is 0 Å². The van der Waals surface area contributed by atoms with Crippen molar-refractivity contribution in [3.8, 4) is 0 Å². The minimum absolute atomic E-state index is 0.0504. The van der Waals surface area contributed by atoms with Crippen molar-refractivity contribution in [1.82, 2.24) is 4.90 Å². The lowest BCUT2D eigenvalue weighted by Crippen LogP contribution is -2.71. The Morgan fingerprint density at radius 2 is 1.94 bits per heavy atom. The van der Waals surface area contributed by atoms with Crippen molar-refractivity contribution in [2.75, 3.05) is 0 Å². The third-order valence-corrected chi connectivity index (χ3v) is 4.70. The van der Waals surface area contributed by atoms with E-state index in [2.05, 4.69) is 0 Å². The number of rotatable bonds is 0. The van der Waals surface area contributed by atoms with Gasteiger partial charge < -0.3 is 4.90 Å². The zero-order valence-electron chi connectivity index (χ0n) is 10.1. The van der Waals surface area contributed by atoms with E-state index >= 15 is 0 Å². The van der Waals surface area contributed by atoms with Crippen LogP contribution in [-0.4, -0.2) is 34.2 Å². The van der Waals surface area contributed by atoms with Crippen molar-refractivity contribution in [3.63, 3.8) is 0 Å². The highest BCUT2D eigenvalue weighted by atomic mass is 19.4. The fourth-order valence-corrected chi connectivity index (χ4v) is 4.62. The summed E-state index contributed by atoms with van der Waals surface area (Å²) in [5, 5.41) is 0. The van der Waals surface area contributed by atoms with Gasteiger partial charge in [-0.15, -0.1) is 0 Å². The number of halogens is 4. The molecule has 2 heterocycles. The van der Waals surface area contributed by atoms with E-state index in [1.165, 1.54) is 0 Å². The van der Waals surface area contributed by atoms with Crippen LogP contribution in [-0.2, 0) is 4.79 Å². The number of hydrogen-bond donors (Lipinski definition) is 0. The summed E-state index contributed by atoms with van der Waals surface area (Å²) in [6.45, 7) is 1.60. The Labute approximate surface area is 102 Å². The van der Waals surface area contributed by atoms with E-state index in [0.29, 0.717) is 19.3 Å². The molecule has 2 aliphatic heterocycles. The highest BCUT2D eigenvalue weighted by Crippen LogP contribution is 2.58. The molecule has 0 aromatic heterocycles. The second kappa shape index (κ2) is 3.20. The lowest BCUT2D eigenvalue weighted by Gasteiger charge is -2.63. The van der Waals surface area contributed by atoms with Gasteiger partial charge in [-0.1, -0.05) is 0 Å². The van der Waals surface area contributed by atoms with Crippen LogP contribution in [0.25, 0.3) is 0 Å². The van der Waals surface area contributed by atoms with Crippen LogP contribution in [0.5, 0.6) is 0 Å². The zero-order chi connectivity index (χ0) is 13.3. The van der Waals surface area contributed by atoms with E-state index in [0.717, 1.165) is 4.90 Å². The number of alkyl halides is 4. The van der Waals surface area contributed by atoms with Gasteiger partial charge in [0.2, 0.25) is 0 Å². The highest BCUT2D eigenvalue weighted by Gasteiger charge is 2.64. The second-order valence-corrected chi connectivity index (χ2v) is 6.37. The van der Waals surface area contributed by atoms with Gasteiger partial charge in [-0.2, -0.15) is 13.2 Å². The standard InChI is InChI=1S/C12H15F4NO/c1-10-3-7-2-8(5-11(13,4-7)6-10)17(10)9(18)12(14,15)16/h7-8H,2-6H2,1H3. The maximum atomic E-state index is 14.4. The van der Waals surface area contributed by atoms with Crippen molar-refractivity contribution in [3.05, 3.63) is 0 Å². The molecule has 0 radical (unpaired) electrons. The lowest BCUT2D eigenvalue weighted by atomic mass is 9.57. The Morgan fingerprint density at radius 1 is 1.28 bits per heavy atom. The summed E-state index contributed by atoms with van der Waals surface area (Å²) < 4.78 is 52.3. The molecule has 1 amide bonds. The van der Waals surface area contributed by atoms with Crippen LogP contribution in [0.4, 0.5) is 17.6 Å². The van der Waals surface area contributed by atoms with Crippen molar-refractivity contribution < 1.29 is 22.4 Å². The van der Waals surface area contributed by atoms with Crippen LogP contribution in [0.15, 0.2) is 0 Å². The van der Waals surface area contributed by atoms with Gasteiger partial charge in [0.25, 0.3) is 0 Å². The summed E-state index contributed by atoms with van der Waals surface area (Å²) in [5.74, 6) is -1.66. The molecule has 18 heavy (non-hydrogen) atoms. The third kappa shape index (κ3) is 1.57. The quantitative estimate of drug-likeness (QED) is 0.617. The lowest BCUT2D eigenvalue weighted by molar-refractivity contribution is -0.219. The van der Waals surface area contributed by atoms with Gasteiger partial charge in [0.15, 0.2) is 0 Å².